The van der Waals surface area contributed by atoms with Crippen LogP contribution in [0, 0.1) is 46.9 Å². The summed E-state index contributed by atoms with van der Waals surface area (Å²) in [4.78, 5) is 0. The van der Waals surface area contributed by atoms with Crippen molar-refractivity contribution in [2.24, 2.45) is 11.8 Å². The topological polar surface area (TPSA) is 9.23 Å². The van der Waals surface area contributed by atoms with E-state index in [1.807, 2.05) is 6.92 Å². The van der Waals surface area contributed by atoms with Crippen LogP contribution in [0.15, 0.2) is 24.3 Å². The average Bonchev–Trinajstić information content (AvgIpc) is 2.72. The van der Waals surface area contributed by atoms with E-state index in [4.69, 9.17) is 0 Å². The molecule has 1 aliphatic rings. The molecule has 2 aromatic rings. The lowest BCUT2D eigenvalue weighted by Crippen LogP contribution is -2.37. The van der Waals surface area contributed by atoms with Crippen molar-refractivity contribution in [2.75, 3.05) is 0 Å². The standard InChI is InChI=1S/C25H21F9O/c1-2-3-14-4-6-16(7-5-14)25(33,34)35-17-12-21(28)23(22(29)13-17)15-10-19(26)18(20(27)11-15)8-9-24(30,31)32/h10-14,16H,2-7H2,1H3. The molecule has 1 nitrogen and oxygen atoms in total. The maximum Gasteiger partial charge on any atom is 0.458 e. The molecule has 3 rings (SSSR count). The molecule has 0 unspecified atom stereocenters. The molecule has 0 amide bonds. The van der Waals surface area contributed by atoms with Gasteiger partial charge in [0.2, 0.25) is 0 Å². The predicted molar refractivity (Wildman–Crippen MR) is 111 cm³/mol. The summed E-state index contributed by atoms with van der Waals surface area (Å²) in [6.07, 6.45) is -5.22. The third-order valence-electron chi connectivity index (χ3n) is 5.95. The second kappa shape index (κ2) is 10.4. The Morgan fingerprint density at radius 1 is 0.829 bits per heavy atom. The van der Waals surface area contributed by atoms with E-state index in [1.165, 1.54) is 5.92 Å². The van der Waals surface area contributed by atoms with Gasteiger partial charge in [-0.3, -0.25) is 0 Å². The van der Waals surface area contributed by atoms with Gasteiger partial charge in [0.05, 0.1) is 17.0 Å². The maximum absolute atomic E-state index is 14.6. The van der Waals surface area contributed by atoms with Crippen LogP contribution in [0.1, 0.15) is 51.0 Å². The summed E-state index contributed by atoms with van der Waals surface area (Å²) >= 11 is 0. The summed E-state index contributed by atoms with van der Waals surface area (Å²) < 4.78 is 128. The van der Waals surface area contributed by atoms with E-state index >= 15 is 0 Å². The van der Waals surface area contributed by atoms with Crippen LogP contribution in [0.3, 0.4) is 0 Å². The zero-order valence-electron chi connectivity index (χ0n) is 18.5. The molecule has 190 valence electrons. The van der Waals surface area contributed by atoms with Gasteiger partial charge in [-0.05, 0) is 49.3 Å². The van der Waals surface area contributed by atoms with Crippen LogP contribution in [0.5, 0.6) is 5.75 Å². The van der Waals surface area contributed by atoms with Crippen LogP contribution < -0.4 is 4.74 Å². The molecule has 0 atom stereocenters. The number of hydrogen-bond donors (Lipinski definition) is 0. The van der Waals surface area contributed by atoms with E-state index in [2.05, 4.69) is 4.74 Å². The Morgan fingerprint density at radius 2 is 1.37 bits per heavy atom. The van der Waals surface area contributed by atoms with Crippen molar-refractivity contribution in [3.05, 3.63) is 53.1 Å². The summed E-state index contributed by atoms with van der Waals surface area (Å²) in [5, 5.41) is 0. The Bertz CT molecular complexity index is 1070. The zero-order chi connectivity index (χ0) is 26.0. The third kappa shape index (κ3) is 6.65. The molecular weight excluding hydrogens is 487 g/mol. The molecule has 0 bridgehead atoms. The highest BCUT2D eigenvalue weighted by Crippen LogP contribution is 2.42. The number of rotatable bonds is 6. The fraction of sp³-hybridized carbons (Fsp3) is 0.440. The first kappa shape index (κ1) is 26.8. The van der Waals surface area contributed by atoms with E-state index in [0.717, 1.165) is 12.8 Å². The smallest absolute Gasteiger partial charge is 0.432 e. The second-order valence-corrected chi connectivity index (χ2v) is 8.49. The Kier molecular flexibility index (Phi) is 7.97. The molecule has 10 heteroatoms. The molecule has 0 aliphatic heterocycles. The van der Waals surface area contributed by atoms with E-state index in [9.17, 15) is 39.5 Å². The highest BCUT2D eigenvalue weighted by Gasteiger charge is 2.44. The molecule has 35 heavy (non-hydrogen) atoms. The van der Waals surface area contributed by atoms with E-state index in [1.54, 1.807) is 0 Å². The van der Waals surface area contributed by atoms with Gasteiger partial charge < -0.3 is 4.74 Å². The van der Waals surface area contributed by atoms with E-state index < -0.39 is 63.9 Å². The first-order chi connectivity index (χ1) is 16.3. The molecule has 0 radical (unpaired) electrons. The molecule has 1 fully saturated rings. The fourth-order valence-corrected chi connectivity index (χ4v) is 4.29. The summed E-state index contributed by atoms with van der Waals surface area (Å²) in [6, 6.07) is 1.72. The van der Waals surface area contributed by atoms with Crippen molar-refractivity contribution in [3.63, 3.8) is 0 Å². The Morgan fingerprint density at radius 3 is 1.86 bits per heavy atom. The molecular formula is C25H21F9O. The number of hydrogen-bond acceptors (Lipinski definition) is 1. The van der Waals surface area contributed by atoms with Crippen LogP contribution in [0.4, 0.5) is 39.5 Å². The second-order valence-electron chi connectivity index (χ2n) is 8.49. The van der Waals surface area contributed by atoms with Gasteiger partial charge in [0.15, 0.2) is 0 Å². The number of ether oxygens (including phenoxy) is 1. The minimum atomic E-state index is -5.01. The first-order valence-corrected chi connectivity index (χ1v) is 11.0. The molecule has 0 N–H and O–H groups in total. The number of halogens is 9. The van der Waals surface area contributed by atoms with E-state index in [0.29, 0.717) is 48.9 Å². The van der Waals surface area contributed by atoms with Crippen molar-refractivity contribution < 1.29 is 44.3 Å². The summed E-state index contributed by atoms with van der Waals surface area (Å²) in [5.41, 5.74) is -2.89. The predicted octanol–water partition coefficient (Wildman–Crippen LogP) is 8.40. The first-order valence-electron chi connectivity index (χ1n) is 11.0. The number of benzene rings is 2. The van der Waals surface area contributed by atoms with Gasteiger partial charge in [0.25, 0.3) is 0 Å². The number of alkyl halides is 5. The maximum atomic E-state index is 14.6. The summed E-state index contributed by atoms with van der Waals surface area (Å²) in [6.45, 7) is 2.01. The molecule has 1 aliphatic carbocycles. The van der Waals surface area contributed by atoms with Gasteiger partial charge in [-0.15, -0.1) is 0 Å². The monoisotopic (exact) mass is 508 g/mol. The molecule has 0 aromatic heterocycles. The zero-order valence-corrected chi connectivity index (χ0v) is 18.5. The summed E-state index contributed by atoms with van der Waals surface area (Å²) in [7, 11) is 0. The van der Waals surface area contributed by atoms with Gasteiger partial charge in [-0.25, -0.2) is 17.6 Å². The van der Waals surface area contributed by atoms with Crippen molar-refractivity contribution in [2.45, 2.75) is 57.7 Å². The Balaban J connectivity index is 1.83. The van der Waals surface area contributed by atoms with Gasteiger partial charge in [-0.2, -0.15) is 22.0 Å². The van der Waals surface area contributed by atoms with Crippen LogP contribution >= 0.6 is 0 Å². The quantitative estimate of drug-likeness (QED) is 0.281. The molecule has 0 saturated heterocycles. The van der Waals surface area contributed by atoms with Crippen molar-refractivity contribution in [1.29, 1.82) is 0 Å². The molecule has 0 spiro atoms. The van der Waals surface area contributed by atoms with Crippen LogP contribution in [-0.2, 0) is 0 Å². The highest BCUT2D eigenvalue weighted by atomic mass is 19.4. The van der Waals surface area contributed by atoms with E-state index in [-0.39, 0.29) is 12.8 Å². The minimum absolute atomic E-state index is 0.197. The van der Waals surface area contributed by atoms with Gasteiger partial charge in [0, 0.05) is 18.1 Å². The lowest BCUT2D eigenvalue weighted by molar-refractivity contribution is -0.223. The lowest BCUT2D eigenvalue weighted by atomic mass is 9.79. The summed E-state index contributed by atoms with van der Waals surface area (Å²) in [5.74, 6) is -5.65. The van der Waals surface area contributed by atoms with Crippen LogP contribution in [0.25, 0.3) is 11.1 Å². The Hall–Kier alpha value is -2.83. The SMILES string of the molecule is CCCC1CCC(C(F)(F)Oc2cc(F)c(-c3cc(F)c(C#CC(F)(F)F)c(F)c3)c(F)c2)CC1. The van der Waals surface area contributed by atoms with Crippen molar-refractivity contribution in [1.82, 2.24) is 0 Å². The van der Waals surface area contributed by atoms with Gasteiger partial charge in [0.1, 0.15) is 29.0 Å². The largest absolute Gasteiger partial charge is 0.458 e. The van der Waals surface area contributed by atoms with Crippen LogP contribution in [-0.4, -0.2) is 12.3 Å². The average molecular weight is 508 g/mol. The Labute approximate surface area is 196 Å². The van der Waals surface area contributed by atoms with Gasteiger partial charge >= 0.3 is 12.3 Å². The third-order valence-corrected chi connectivity index (χ3v) is 5.95. The van der Waals surface area contributed by atoms with Crippen molar-refractivity contribution in [3.8, 4) is 28.7 Å². The minimum Gasteiger partial charge on any atom is -0.432 e. The highest BCUT2D eigenvalue weighted by molar-refractivity contribution is 5.67. The van der Waals surface area contributed by atoms with Crippen molar-refractivity contribution >= 4 is 0 Å². The molecule has 1 saturated carbocycles. The fourth-order valence-electron chi connectivity index (χ4n) is 4.29. The van der Waals surface area contributed by atoms with Gasteiger partial charge in [-0.1, -0.05) is 25.7 Å². The van der Waals surface area contributed by atoms with Crippen LogP contribution in [0.2, 0.25) is 0 Å². The lowest BCUT2D eigenvalue weighted by Gasteiger charge is -2.33. The normalized spacial score (nSPS) is 18.7. The molecule has 2 aromatic carbocycles. The molecule has 0 heterocycles.